The van der Waals surface area contributed by atoms with Crippen LogP contribution in [0, 0.1) is 0 Å². The van der Waals surface area contributed by atoms with Crippen molar-refractivity contribution in [2.75, 3.05) is 33.2 Å². The number of rotatable bonds is 5. The summed E-state index contributed by atoms with van der Waals surface area (Å²) in [6.45, 7) is 4.21. The number of carboxylic acids is 1. The molecule has 0 unspecified atom stereocenters. The lowest BCUT2D eigenvalue weighted by Gasteiger charge is -2.36. The van der Waals surface area contributed by atoms with Crippen LogP contribution >= 0.6 is 0 Å². The standard InChI is InChI=1S/C21H25N3O3/c1-22(15-17-6-3-2-4-7-17)21(27)24-12-10-23(11-13-24)16-18-8-5-9-19(14-18)20(25)26/h2-9,14H,10-13,15-16H2,1H3,(H,25,26). The zero-order valence-corrected chi connectivity index (χ0v) is 15.5. The Balaban J connectivity index is 1.50. The van der Waals surface area contributed by atoms with Gasteiger partial charge in [0.1, 0.15) is 0 Å². The van der Waals surface area contributed by atoms with Crippen molar-refractivity contribution in [1.29, 1.82) is 0 Å². The molecule has 1 aliphatic rings. The number of carbonyl (C=O) groups excluding carboxylic acids is 1. The second-order valence-corrected chi connectivity index (χ2v) is 6.89. The molecule has 0 spiro atoms. The minimum absolute atomic E-state index is 0.0476. The number of aromatic carboxylic acids is 1. The highest BCUT2D eigenvalue weighted by molar-refractivity contribution is 5.87. The first-order valence-corrected chi connectivity index (χ1v) is 9.11. The molecule has 6 heteroatoms. The Morgan fingerprint density at radius 1 is 0.963 bits per heavy atom. The molecular formula is C21H25N3O3. The van der Waals surface area contributed by atoms with E-state index in [1.165, 1.54) is 0 Å². The number of urea groups is 1. The molecule has 2 aromatic rings. The third-order valence-corrected chi connectivity index (χ3v) is 4.81. The monoisotopic (exact) mass is 367 g/mol. The highest BCUT2D eigenvalue weighted by Crippen LogP contribution is 2.13. The molecular weight excluding hydrogens is 342 g/mol. The van der Waals surface area contributed by atoms with E-state index in [1.54, 1.807) is 23.1 Å². The topological polar surface area (TPSA) is 64.1 Å². The Morgan fingerprint density at radius 3 is 2.30 bits per heavy atom. The van der Waals surface area contributed by atoms with E-state index in [-0.39, 0.29) is 6.03 Å². The minimum atomic E-state index is -0.909. The molecule has 0 aromatic heterocycles. The van der Waals surface area contributed by atoms with Gasteiger partial charge in [-0.15, -0.1) is 0 Å². The van der Waals surface area contributed by atoms with Crippen LogP contribution in [0.5, 0.6) is 0 Å². The van der Waals surface area contributed by atoms with Gasteiger partial charge >= 0.3 is 12.0 Å². The van der Waals surface area contributed by atoms with Gasteiger partial charge in [0.2, 0.25) is 0 Å². The fourth-order valence-electron chi connectivity index (χ4n) is 3.32. The Labute approximate surface area is 159 Å². The van der Waals surface area contributed by atoms with Crippen molar-refractivity contribution in [1.82, 2.24) is 14.7 Å². The number of hydrogen-bond acceptors (Lipinski definition) is 3. The van der Waals surface area contributed by atoms with Crippen molar-refractivity contribution in [3.05, 3.63) is 71.3 Å². The Bertz CT molecular complexity index is 786. The molecule has 0 bridgehead atoms. The third kappa shape index (κ3) is 5.08. The van der Waals surface area contributed by atoms with E-state index < -0.39 is 5.97 Å². The number of carboxylic acid groups (broad SMARTS) is 1. The van der Waals surface area contributed by atoms with Gasteiger partial charge in [-0.2, -0.15) is 0 Å². The minimum Gasteiger partial charge on any atom is -0.478 e. The van der Waals surface area contributed by atoms with Gasteiger partial charge in [0, 0.05) is 46.3 Å². The maximum Gasteiger partial charge on any atom is 0.335 e. The number of piperazine rings is 1. The van der Waals surface area contributed by atoms with Crippen LogP contribution in [-0.4, -0.2) is 65.0 Å². The molecule has 6 nitrogen and oxygen atoms in total. The first kappa shape index (κ1) is 18.9. The molecule has 0 radical (unpaired) electrons. The molecule has 1 saturated heterocycles. The zero-order chi connectivity index (χ0) is 19.2. The second kappa shape index (κ2) is 8.68. The Morgan fingerprint density at radius 2 is 1.63 bits per heavy atom. The number of carbonyl (C=O) groups is 2. The van der Waals surface area contributed by atoms with Crippen molar-refractivity contribution in [3.63, 3.8) is 0 Å². The van der Waals surface area contributed by atoms with Crippen molar-refractivity contribution in [2.45, 2.75) is 13.1 Å². The van der Waals surface area contributed by atoms with Gasteiger partial charge in [0.15, 0.2) is 0 Å². The largest absolute Gasteiger partial charge is 0.478 e. The van der Waals surface area contributed by atoms with Gasteiger partial charge in [-0.1, -0.05) is 42.5 Å². The smallest absolute Gasteiger partial charge is 0.335 e. The van der Waals surface area contributed by atoms with Crippen LogP contribution in [-0.2, 0) is 13.1 Å². The summed E-state index contributed by atoms with van der Waals surface area (Å²) in [6.07, 6.45) is 0. The van der Waals surface area contributed by atoms with Crippen molar-refractivity contribution in [3.8, 4) is 0 Å². The van der Waals surface area contributed by atoms with E-state index >= 15 is 0 Å². The molecule has 2 aromatic carbocycles. The summed E-state index contributed by atoms with van der Waals surface area (Å²) in [6, 6.07) is 17.0. The summed E-state index contributed by atoms with van der Waals surface area (Å²) < 4.78 is 0. The maximum atomic E-state index is 12.7. The predicted octanol–water partition coefficient (Wildman–Crippen LogP) is 2.75. The molecule has 27 heavy (non-hydrogen) atoms. The number of benzene rings is 2. The lowest BCUT2D eigenvalue weighted by atomic mass is 10.1. The molecule has 1 fully saturated rings. The van der Waals surface area contributed by atoms with Crippen molar-refractivity contribution >= 4 is 12.0 Å². The van der Waals surface area contributed by atoms with Crippen LogP contribution in [0.4, 0.5) is 4.79 Å². The summed E-state index contributed by atoms with van der Waals surface area (Å²) >= 11 is 0. The van der Waals surface area contributed by atoms with Crippen molar-refractivity contribution in [2.24, 2.45) is 0 Å². The lowest BCUT2D eigenvalue weighted by molar-refractivity contribution is 0.0696. The van der Waals surface area contributed by atoms with Crippen LogP contribution in [0.3, 0.4) is 0 Å². The molecule has 0 saturated carbocycles. The van der Waals surface area contributed by atoms with Crippen LogP contribution in [0.1, 0.15) is 21.5 Å². The first-order chi connectivity index (χ1) is 13.0. The molecule has 3 rings (SSSR count). The van der Waals surface area contributed by atoms with Gasteiger partial charge < -0.3 is 14.9 Å². The van der Waals surface area contributed by atoms with E-state index in [0.717, 1.165) is 24.2 Å². The fraction of sp³-hybridized carbons (Fsp3) is 0.333. The van der Waals surface area contributed by atoms with E-state index in [1.807, 2.05) is 48.3 Å². The summed E-state index contributed by atoms with van der Waals surface area (Å²) in [4.78, 5) is 29.6. The second-order valence-electron chi connectivity index (χ2n) is 6.89. The quantitative estimate of drug-likeness (QED) is 0.883. The molecule has 1 N–H and O–H groups in total. The van der Waals surface area contributed by atoms with Crippen LogP contribution in [0.15, 0.2) is 54.6 Å². The van der Waals surface area contributed by atoms with E-state index in [0.29, 0.717) is 31.7 Å². The Hall–Kier alpha value is -2.86. The van der Waals surface area contributed by atoms with Gasteiger partial charge in [-0.3, -0.25) is 4.90 Å². The van der Waals surface area contributed by atoms with Crippen LogP contribution < -0.4 is 0 Å². The summed E-state index contributed by atoms with van der Waals surface area (Å²) in [5, 5.41) is 9.11. The highest BCUT2D eigenvalue weighted by atomic mass is 16.4. The average Bonchev–Trinajstić information content (AvgIpc) is 2.69. The van der Waals surface area contributed by atoms with E-state index in [9.17, 15) is 9.59 Å². The normalized spacial score (nSPS) is 14.8. The van der Waals surface area contributed by atoms with Gasteiger partial charge in [-0.25, -0.2) is 9.59 Å². The van der Waals surface area contributed by atoms with Gasteiger partial charge in [-0.05, 0) is 23.3 Å². The third-order valence-electron chi connectivity index (χ3n) is 4.81. The van der Waals surface area contributed by atoms with Crippen molar-refractivity contribution < 1.29 is 14.7 Å². The zero-order valence-electron chi connectivity index (χ0n) is 15.5. The highest BCUT2D eigenvalue weighted by Gasteiger charge is 2.23. The fourth-order valence-corrected chi connectivity index (χ4v) is 3.32. The summed E-state index contributed by atoms with van der Waals surface area (Å²) in [5.74, 6) is -0.909. The predicted molar refractivity (Wildman–Crippen MR) is 104 cm³/mol. The molecule has 2 amide bonds. The average molecular weight is 367 g/mol. The lowest BCUT2D eigenvalue weighted by Crippen LogP contribution is -2.51. The van der Waals surface area contributed by atoms with E-state index in [2.05, 4.69) is 4.90 Å². The summed E-state index contributed by atoms with van der Waals surface area (Å²) in [5.41, 5.74) is 2.41. The molecule has 1 aliphatic heterocycles. The maximum absolute atomic E-state index is 12.7. The summed E-state index contributed by atoms with van der Waals surface area (Å²) in [7, 11) is 1.83. The van der Waals surface area contributed by atoms with Crippen LogP contribution in [0.2, 0.25) is 0 Å². The Kier molecular flexibility index (Phi) is 6.08. The SMILES string of the molecule is CN(Cc1ccccc1)C(=O)N1CCN(Cc2cccc(C(=O)O)c2)CC1. The number of amides is 2. The molecule has 0 aliphatic carbocycles. The molecule has 1 heterocycles. The number of hydrogen-bond donors (Lipinski definition) is 1. The van der Waals surface area contributed by atoms with Gasteiger partial charge in [0.25, 0.3) is 0 Å². The first-order valence-electron chi connectivity index (χ1n) is 9.11. The molecule has 0 atom stereocenters. The van der Waals surface area contributed by atoms with Gasteiger partial charge in [0.05, 0.1) is 5.56 Å². The number of nitrogens with zero attached hydrogens (tertiary/aromatic N) is 3. The van der Waals surface area contributed by atoms with E-state index in [4.69, 9.17) is 5.11 Å². The van der Waals surface area contributed by atoms with Crippen LogP contribution in [0.25, 0.3) is 0 Å². The molecule has 142 valence electrons.